The number of para-hydroxylation sites is 1. The summed E-state index contributed by atoms with van der Waals surface area (Å²) < 4.78 is 8.81. The maximum atomic E-state index is 6.23. The van der Waals surface area contributed by atoms with Crippen LogP contribution < -0.4 is 4.90 Å². The van der Waals surface area contributed by atoms with Crippen LogP contribution in [0.15, 0.2) is 192 Å². The Morgan fingerprint density at radius 2 is 1.00 bits per heavy atom. The molecule has 0 amide bonds. The molecule has 0 atom stereocenters. The van der Waals surface area contributed by atoms with Crippen LogP contribution in [0.5, 0.6) is 0 Å². The first-order chi connectivity index (χ1) is 26.3. The third-order valence-corrected chi connectivity index (χ3v) is 11.8. The maximum Gasteiger partial charge on any atom is 0.136 e. The largest absolute Gasteiger partial charge is 0.456 e. The summed E-state index contributed by atoms with van der Waals surface area (Å²) in [7, 11) is 0. The van der Waals surface area contributed by atoms with Gasteiger partial charge in [-0.3, -0.25) is 0 Å². The number of rotatable bonds is 5. The van der Waals surface area contributed by atoms with E-state index in [0.717, 1.165) is 27.9 Å². The van der Waals surface area contributed by atoms with Gasteiger partial charge in [0.15, 0.2) is 0 Å². The lowest BCUT2D eigenvalue weighted by molar-refractivity contribution is 0.669. The first-order valence-corrected chi connectivity index (χ1v) is 18.8. The molecule has 248 valence electrons. The van der Waals surface area contributed by atoms with Crippen LogP contribution in [-0.2, 0) is 0 Å². The molecule has 11 aromatic rings. The maximum absolute atomic E-state index is 6.23. The highest BCUT2D eigenvalue weighted by molar-refractivity contribution is 7.26. The average Bonchev–Trinajstić information content (AvgIpc) is 3.80. The van der Waals surface area contributed by atoms with Gasteiger partial charge >= 0.3 is 0 Å². The molecule has 0 bridgehead atoms. The van der Waals surface area contributed by atoms with Crippen LogP contribution in [0.25, 0.3) is 85.9 Å². The number of benzene rings is 9. The summed E-state index contributed by atoms with van der Waals surface area (Å²) in [6.07, 6.45) is 0. The zero-order valence-electron chi connectivity index (χ0n) is 28.7. The molecule has 0 spiro atoms. The fraction of sp³-hybridized carbons (Fsp3) is 0. The van der Waals surface area contributed by atoms with Crippen LogP contribution >= 0.6 is 11.3 Å². The van der Waals surface area contributed by atoms with Crippen molar-refractivity contribution in [3.63, 3.8) is 0 Å². The third kappa shape index (κ3) is 4.86. The molecule has 53 heavy (non-hydrogen) atoms. The first-order valence-electron chi connectivity index (χ1n) is 18.0. The fourth-order valence-corrected chi connectivity index (χ4v) is 9.29. The molecule has 2 heterocycles. The highest BCUT2D eigenvalue weighted by Gasteiger charge is 2.19. The van der Waals surface area contributed by atoms with Crippen LogP contribution in [0.1, 0.15) is 0 Å². The van der Waals surface area contributed by atoms with E-state index in [9.17, 15) is 0 Å². The molecular weight excluding hydrogens is 663 g/mol. The molecular formula is C50H31NOS. The van der Waals surface area contributed by atoms with Gasteiger partial charge in [0.25, 0.3) is 0 Å². The Hall–Kier alpha value is -6.68. The van der Waals surface area contributed by atoms with Crippen LogP contribution in [0.2, 0.25) is 0 Å². The van der Waals surface area contributed by atoms with Crippen molar-refractivity contribution in [3.8, 4) is 22.3 Å². The second kappa shape index (κ2) is 11.9. The van der Waals surface area contributed by atoms with E-state index in [1.54, 1.807) is 0 Å². The van der Waals surface area contributed by atoms with Gasteiger partial charge in [-0.1, -0.05) is 127 Å². The predicted octanol–water partition coefficient (Wildman–Crippen LogP) is 15.1. The van der Waals surface area contributed by atoms with Crippen molar-refractivity contribution in [3.05, 3.63) is 188 Å². The number of hydrogen-bond acceptors (Lipinski definition) is 3. The van der Waals surface area contributed by atoms with E-state index in [0.29, 0.717) is 0 Å². The number of nitrogens with zero attached hydrogens (tertiary/aromatic N) is 1. The van der Waals surface area contributed by atoms with Crippen LogP contribution in [0, 0.1) is 0 Å². The van der Waals surface area contributed by atoms with Gasteiger partial charge in [-0.25, -0.2) is 0 Å². The van der Waals surface area contributed by atoms with Gasteiger partial charge in [-0.2, -0.15) is 0 Å². The molecule has 0 aliphatic rings. The van der Waals surface area contributed by atoms with E-state index >= 15 is 0 Å². The van der Waals surface area contributed by atoms with Crippen molar-refractivity contribution in [2.45, 2.75) is 0 Å². The summed E-state index contributed by atoms with van der Waals surface area (Å²) in [6.45, 7) is 0. The van der Waals surface area contributed by atoms with E-state index < -0.39 is 0 Å². The molecule has 0 unspecified atom stereocenters. The van der Waals surface area contributed by atoms with Crippen molar-refractivity contribution in [2.24, 2.45) is 0 Å². The Morgan fingerprint density at radius 1 is 0.377 bits per heavy atom. The molecule has 11 rings (SSSR count). The standard InChI is InChI=1S/C50H31NOS/c1-2-11-39-33(9-1)10-7-14-40(39)34-23-28-38(29-24-34)51(44-15-8-18-48-50(44)42-13-4-6-17-47(42)53-48)37-26-21-32(22-27-37)36-20-19-35-25-30-46-49(43(35)31-36)41-12-3-5-16-45(41)52-46/h1-31H. The second-order valence-corrected chi connectivity index (χ2v) is 14.8. The van der Waals surface area contributed by atoms with E-state index in [2.05, 4.69) is 181 Å². The normalized spacial score (nSPS) is 11.8. The van der Waals surface area contributed by atoms with Gasteiger partial charge in [0, 0.05) is 42.3 Å². The summed E-state index contributed by atoms with van der Waals surface area (Å²) in [5, 5.41) is 9.81. The molecule has 0 radical (unpaired) electrons. The topological polar surface area (TPSA) is 16.4 Å². The van der Waals surface area contributed by atoms with Gasteiger partial charge in [-0.05, 0) is 104 Å². The quantitative estimate of drug-likeness (QED) is 0.178. The molecule has 0 saturated carbocycles. The fourth-order valence-electron chi connectivity index (χ4n) is 8.16. The summed E-state index contributed by atoms with van der Waals surface area (Å²) in [6, 6.07) is 68.1. The smallest absolute Gasteiger partial charge is 0.136 e. The lowest BCUT2D eigenvalue weighted by Crippen LogP contribution is -2.10. The number of furan rings is 1. The Balaban J connectivity index is 1.05. The Morgan fingerprint density at radius 3 is 1.85 bits per heavy atom. The van der Waals surface area contributed by atoms with Gasteiger partial charge in [0.2, 0.25) is 0 Å². The SMILES string of the molecule is c1ccc2c(-c3ccc(N(c4ccc(-c5ccc6ccc7oc8ccccc8c7c6c5)cc4)c4cccc5sc6ccccc6c45)cc3)cccc2c1. The van der Waals surface area contributed by atoms with Gasteiger partial charge in [-0.15, -0.1) is 11.3 Å². The van der Waals surface area contributed by atoms with E-state index in [1.165, 1.54) is 75.0 Å². The molecule has 0 saturated heterocycles. The average molecular weight is 694 g/mol. The molecule has 0 fully saturated rings. The van der Waals surface area contributed by atoms with E-state index in [-0.39, 0.29) is 0 Å². The molecule has 2 nitrogen and oxygen atoms in total. The molecule has 0 aliphatic carbocycles. The Bertz CT molecular complexity index is 3160. The summed E-state index contributed by atoms with van der Waals surface area (Å²) >= 11 is 1.85. The zero-order chi connectivity index (χ0) is 34.9. The number of thiophene rings is 1. The monoisotopic (exact) mass is 693 g/mol. The van der Waals surface area contributed by atoms with Crippen molar-refractivity contribution >= 4 is 92.1 Å². The van der Waals surface area contributed by atoms with Crippen molar-refractivity contribution in [1.29, 1.82) is 0 Å². The second-order valence-electron chi connectivity index (χ2n) is 13.7. The minimum Gasteiger partial charge on any atom is -0.456 e. The van der Waals surface area contributed by atoms with Gasteiger partial charge < -0.3 is 9.32 Å². The van der Waals surface area contributed by atoms with Crippen molar-refractivity contribution < 1.29 is 4.42 Å². The minimum atomic E-state index is 0.920. The molecule has 9 aromatic carbocycles. The summed E-state index contributed by atoms with van der Waals surface area (Å²) in [5.41, 5.74) is 10.0. The Labute approximate surface area is 310 Å². The number of anilines is 3. The summed E-state index contributed by atoms with van der Waals surface area (Å²) in [5.74, 6) is 0. The van der Waals surface area contributed by atoms with E-state index in [4.69, 9.17) is 4.42 Å². The Kier molecular flexibility index (Phi) is 6.76. The van der Waals surface area contributed by atoms with Crippen molar-refractivity contribution in [1.82, 2.24) is 0 Å². The minimum absolute atomic E-state index is 0.920. The number of fused-ring (bicyclic) bond motifs is 9. The molecule has 2 aromatic heterocycles. The van der Waals surface area contributed by atoms with Gasteiger partial charge in [0.1, 0.15) is 11.2 Å². The molecule has 0 aliphatic heterocycles. The van der Waals surface area contributed by atoms with Crippen LogP contribution in [0.4, 0.5) is 17.1 Å². The number of hydrogen-bond donors (Lipinski definition) is 0. The highest BCUT2D eigenvalue weighted by atomic mass is 32.1. The van der Waals surface area contributed by atoms with Crippen LogP contribution in [-0.4, -0.2) is 0 Å². The third-order valence-electron chi connectivity index (χ3n) is 10.7. The highest BCUT2D eigenvalue weighted by Crippen LogP contribution is 2.46. The van der Waals surface area contributed by atoms with Crippen LogP contribution in [0.3, 0.4) is 0 Å². The predicted molar refractivity (Wildman–Crippen MR) is 227 cm³/mol. The molecule has 0 N–H and O–H groups in total. The lowest BCUT2D eigenvalue weighted by Gasteiger charge is -2.27. The van der Waals surface area contributed by atoms with E-state index in [1.807, 2.05) is 23.5 Å². The lowest BCUT2D eigenvalue weighted by atomic mass is 9.97. The zero-order valence-corrected chi connectivity index (χ0v) is 29.5. The molecule has 3 heteroatoms. The van der Waals surface area contributed by atoms with Gasteiger partial charge in [0.05, 0.1) is 5.69 Å². The van der Waals surface area contributed by atoms with Crippen molar-refractivity contribution in [2.75, 3.05) is 4.90 Å². The first kappa shape index (κ1) is 30.0. The summed E-state index contributed by atoms with van der Waals surface area (Å²) in [4.78, 5) is 2.42.